The smallest absolute Gasteiger partial charge is 0.358 e. The Morgan fingerprint density at radius 3 is 2.06 bits per heavy atom. The highest BCUT2D eigenvalue weighted by molar-refractivity contribution is 5.92. The van der Waals surface area contributed by atoms with Crippen LogP contribution in [0, 0.1) is 5.41 Å². The molecule has 0 aliphatic carbocycles. The summed E-state index contributed by atoms with van der Waals surface area (Å²) in [4.78, 5) is 37.2. The quantitative estimate of drug-likeness (QED) is 0.147. The van der Waals surface area contributed by atoms with E-state index in [4.69, 9.17) is 19.3 Å². The molecule has 0 spiro atoms. The highest BCUT2D eigenvalue weighted by Crippen LogP contribution is 2.30. The van der Waals surface area contributed by atoms with Gasteiger partial charge in [0.25, 0.3) is 5.91 Å². The van der Waals surface area contributed by atoms with E-state index in [9.17, 15) is 14.4 Å². The van der Waals surface area contributed by atoms with Gasteiger partial charge in [0, 0.05) is 26.7 Å². The summed E-state index contributed by atoms with van der Waals surface area (Å²) in [6.07, 6.45) is 6.08. The number of carboxylic acids is 1. The van der Waals surface area contributed by atoms with E-state index in [0.717, 1.165) is 41.5 Å². The first-order chi connectivity index (χ1) is 25.6. The zero-order valence-electron chi connectivity index (χ0n) is 30.1. The van der Waals surface area contributed by atoms with Gasteiger partial charge in [-0.3, -0.25) is 19.0 Å². The molecular weight excluding hydrogens is 678 g/mol. The second kappa shape index (κ2) is 18.7. The molecule has 2 aromatic heterocycles. The topological polar surface area (TPSA) is 173 Å². The lowest BCUT2D eigenvalue weighted by Crippen LogP contribution is -2.46. The van der Waals surface area contributed by atoms with Crippen LogP contribution in [0.25, 0.3) is 11.1 Å². The molecular formula is C39H45N7O7. The van der Waals surface area contributed by atoms with Gasteiger partial charge in [-0.1, -0.05) is 95.4 Å². The first kappa shape index (κ1) is 38.5. The Kier molecular flexibility index (Phi) is 13.6. The number of aromatic nitrogens is 6. The fourth-order valence-electron chi connectivity index (χ4n) is 5.84. The predicted molar refractivity (Wildman–Crippen MR) is 194 cm³/mol. The van der Waals surface area contributed by atoms with Gasteiger partial charge in [-0.05, 0) is 61.3 Å². The van der Waals surface area contributed by atoms with Crippen molar-refractivity contribution in [1.29, 1.82) is 0 Å². The molecule has 6 rings (SSSR count). The van der Waals surface area contributed by atoms with Gasteiger partial charge in [0.1, 0.15) is 6.61 Å². The Morgan fingerprint density at radius 1 is 0.868 bits per heavy atom. The standard InChI is InChI=1S/C35H40N4O5.C4H5N3O2/c1-35(25-44-32-15-9-10-20-42-32,34(41)43-24-27-11-5-3-6-12-27)22-30(36-33(40)31-23-39(2)38-37-31)21-26-16-18-29(19-17-26)28-13-7-4-8-14-28;1-7-2-3(4(8)9)5-6-7/h3-8,11-14,16-19,23,30,32H,9-10,15,20-22,24-25H2,1-2H3,(H,36,40);2H,1H3,(H,8,9)/t30-,32?,35+;/m1./s1. The van der Waals surface area contributed by atoms with E-state index in [1.54, 1.807) is 20.3 Å². The van der Waals surface area contributed by atoms with Gasteiger partial charge in [0.05, 0.1) is 24.4 Å². The van der Waals surface area contributed by atoms with Crippen molar-refractivity contribution in [2.75, 3.05) is 13.2 Å². The fraction of sp³-hybridized carbons (Fsp3) is 0.359. The van der Waals surface area contributed by atoms with Crippen LogP contribution in [0.1, 0.15) is 64.7 Å². The normalized spacial score (nSPS) is 15.6. The average molecular weight is 724 g/mol. The molecule has 14 nitrogen and oxygen atoms in total. The number of hydrogen-bond acceptors (Lipinski definition) is 10. The summed E-state index contributed by atoms with van der Waals surface area (Å²) in [5.41, 5.74) is 3.25. The number of rotatable bonds is 14. The molecule has 3 heterocycles. The monoisotopic (exact) mass is 723 g/mol. The van der Waals surface area contributed by atoms with Gasteiger partial charge >= 0.3 is 11.9 Å². The zero-order chi connectivity index (χ0) is 37.6. The van der Waals surface area contributed by atoms with Gasteiger partial charge in [-0.2, -0.15) is 0 Å². The van der Waals surface area contributed by atoms with Crippen molar-refractivity contribution < 1.29 is 33.7 Å². The molecule has 3 aromatic carbocycles. The van der Waals surface area contributed by atoms with Crippen LogP contribution < -0.4 is 5.32 Å². The third kappa shape index (κ3) is 11.6. The summed E-state index contributed by atoms with van der Waals surface area (Å²) in [5, 5.41) is 26.0. The molecule has 53 heavy (non-hydrogen) atoms. The van der Waals surface area contributed by atoms with Gasteiger partial charge in [-0.25, -0.2) is 4.79 Å². The van der Waals surface area contributed by atoms with Crippen molar-refractivity contribution in [2.45, 2.75) is 58.0 Å². The third-order valence-electron chi connectivity index (χ3n) is 8.66. The number of carbonyl (C=O) groups is 3. The molecule has 1 amide bonds. The van der Waals surface area contributed by atoms with Crippen molar-refractivity contribution >= 4 is 17.8 Å². The van der Waals surface area contributed by atoms with E-state index in [1.165, 1.54) is 15.6 Å². The highest BCUT2D eigenvalue weighted by Gasteiger charge is 2.39. The molecule has 278 valence electrons. The largest absolute Gasteiger partial charge is 0.476 e. The number of aromatic carboxylic acids is 1. The van der Waals surface area contributed by atoms with E-state index >= 15 is 0 Å². The van der Waals surface area contributed by atoms with Crippen LogP contribution in [0.4, 0.5) is 0 Å². The Morgan fingerprint density at radius 2 is 1.49 bits per heavy atom. The Balaban J connectivity index is 0.000000526. The van der Waals surface area contributed by atoms with Crippen LogP contribution in [-0.2, 0) is 46.1 Å². The van der Waals surface area contributed by atoms with Crippen molar-refractivity contribution in [3.8, 4) is 11.1 Å². The number of nitrogens with zero attached hydrogens (tertiary/aromatic N) is 6. The first-order valence-electron chi connectivity index (χ1n) is 17.4. The maximum atomic E-state index is 13.8. The first-order valence-corrected chi connectivity index (χ1v) is 17.4. The van der Waals surface area contributed by atoms with E-state index in [1.807, 2.05) is 55.5 Å². The summed E-state index contributed by atoms with van der Waals surface area (Å²) in [6, 6.07) is 27.6. The van der Waals surface area contributed by atoms with Crippen LogP contribution in [0.3, 0.4) is 0 Å². The zero-order valence-corrected chi connectivity index (χ0v) is 30.1. The molecule has 1 saturated heterocycles. The number of carbonyl (C=O) groups excluding carboxylic acids is 2. The fourth-order valence-corrected chi connectivity index (χ4v) is 5.84. The number of hydrogen-bond donors (Lipinski definition) is 2. The maximum Gasteiger partial charge on any atom is 0.358 e. The number of nitrogens with one attached hydrogen (secondary N) is 1. The Bertz CT molecular complexity index is 1910. The Labute approximate surface area is 308 Å². The van der Waals surface area contributed by atoms with Crippen LogP contribution in [-0.4, -0.2) is 78.5 Å². The number of aryl methyl sites for hydroxylation is 2. The summed E-state index contributed by atoms with van der Waals surface area (Å²) >= 11 is 0. The molecule has 0 saturated carbocycles. The van der Waals surface area contributed by atoms with E-state index in [0.29, 0.717) is 13.0 Å². The minimum absolute atomic E-state index is 0.0301. The molecule has 3 atom stereocenters. The lowest BCUT2D eigenvalue weighted by atomic mass is 9.82. The molecule has 2 N–H and O–H groups in total. The molecule has 1 fully saturated rings. The van der Waals surface area contributed by atoms with E-state index in [-0.39, 0.29) is 43.2 Å². The lowest BCUT2D eigenvalue weighted by Gasteiger charge is -2.33. The van der Waals surface area contributed by atoms with Crippen LogP contribution in [0.15, 0.2) is 97.3 Å². The van der Waals surface area contributed by atoms with Gasteiger partial charge in [0.15, 0.2) is 17.7 Å². The maximum absolute atomic E-state index is 13.8. The van der Waals surface area contributed by atoms with E-state index in [2.05, 4.69) is 62.3 Å². The average Bonchev–Trinajstić information content (AvgIpc) is 3.83. The number of carboxylic acid groups (broad SMARTS) is 1. The van der Waals surface area contributed by atoms with Gasteiger partial charge in [-0.15, -0.1) is 10.2 Å². The molecule has 5 aromatic rings. The van der Waals surface area contributed by atoms with Gasteiger partial charge in [0.2, 0.25) is 0 Å². The number of esters is 1. The van der Waals surface area contributed by atoms with Gasteiger partial charge < -0.3 is 24.6 Å². The number of benzene rings is 3. The minimum atomic E-state index is -1.07. The second-order valence-corrected chi connectivity index (χ2v) is 13.2. The molecule has 0 radical (unpaired) electrons. The van der Waals surface area contributed by atoms with Crippen molar-refractivity contribution in [3.63, 3.8) is 0 Å². The molecule has 1 aliphatic rings. The number of ether oxygens (including phenoxy) is 3. The van der Waals surface area contributed by atoms with Crippen LogP contribution in [0.2, 0.25) is 0 Å². The van der Waals surface area contributed by atoms with Crippen LogP contribution in [0.5, 0.6) is 0 Å². The second-order valence-electron chi connectivity index (χ2n) is 13.2. The summed E-state index contributed by atoms with van der Waals surface area (Å²) < 4.78 is 20.6. The molecule has 0 bridgehead atoms. The third-order valence-corrected chi connectivity index (χ3v) is 8.66. The summed E-state index contributed by atoms with van der Waals surface area (Å²) in [7, 11) is 3.32. The summed E-state index contributed by atoms with van der Waals surface area (Å²) in [5.74, 6) is -1.81. The molecule has 14 heteroatoms. The highest BCUT2D eigenvalue weighted by atomic mass is 16.7. The van der Waals surface area contributed by atoms with Crippen molar-refractivity contribution in [1.82, 2.24) is 35.3 Å². The SMILES string of the molecule is Cn1cc(C(=O)N[C@H](Cc2ccc(-c3ccccc3)cc2)C[C@@](C)(COC2CCCCO2)C(=O)OCc2ccccc2)nn1.Cn1cc(C(=O)O)nn1. The summed E-state index contributed by atoms with van der Waals surface area (Å²) in [6.45, 7) is 2.71. The minimum Gasteiger partial charge on any atom is -0.476 e. The molecule has 1 aliphatic heterocycles. The number of amides is 1. The van der Waals surface area contributed by atoms with Crippen molar-refractivity contribution in [2.24, 2.45) is 19.5 Å². The predicted octanol–water partition coefficient (Wildman–Crippen LogP) is 5.02. The molecule has 1 unspecified atom stereocenters. The van der Waals surface area contributed by atoms with Crippen LogP contribution >= 0.6 is 0 Å². The Hall–Kier alpha value is -5.73. The van der Waals surface area contributed by atoms with E-state index < -0.39 is 23.4 Å². The lowest BCUT2D eigenvalue weighted by molar-refractivity contribution is -0.191. The van der Waals surface area contributed by atoms with Crippen molar-refractivity contribution in [3.05, 3.63) is 120 Å².